The summed E-state index contributed by atoms with van der Waals surface area (Å²) in [5.41, 5.74) is 0.539. The SMILES string of the molecule is CC(=O)NCCCCNS(=O)(=O)Cc1ccc(F)cc1. The van der Waals surface area contributed by atoms with Crippen LogP contribution in [0.4, 0.5) is 4.39 Å². The number of amides is 1. The van der Waals surface area contributed by atoms with Crippen molar-refractivity contribution in [3.8, 4) is 0 Å². The molecule has 0 unspecified atom stereocenters. The molecular weight excluding hydrogens is 283 g/mol. The first-order valence-corrected chi connectivity index (χ1v) is 8.00. The summed E-state index contributed by atoms with van der Waals surface area (Å²) >= 11 is 0. The second-order valence-electron chi connectivity index (χ2n) is 4.47. The topological polar surface area (TPSA) is 75.3 Å². The highest BCUT2D eigenvalue weighted by molar-refractivity contribution is 7.88. The predicted octanol–water partition coefficient (Wildman–Crippen LogP) is 1.16. The van der Waals surface area contributed by atoms with Gasteiger partial charge in [0.15, 0.2) is 0 Å². The molecule has 1 aromatic carbocycles. The molecule has 112 valence electrons. The standard InChI is InChI=1S/C13H19FN2O3S/c1-11(17)15-8-2-3-9-16-20(18,19)10-12-4-6-13(14)7-5-12/h4-7,16H,2-3,8-10H2,1H3,(H,15,17). The van der Waals surface area contributed by atoms with Crippen molar-refractivity contribution < 1.29 is 17.6 Å². The highest BCUT2D eigenvalue weighted by atomic mass is 32.2. The van der Waals surface area contributed by atoms with Crippen LogP contribution in [0.15, 0.2) is 24.3 Å². The monoisotopic (exact) mass is 302 g/mol. The van der Waals surface area contributed by atoms with E-state index in [0.717, 1.165) is 0 Å². The van der Waals surface area contributed by atoms with E-state index < -0.39 is 15.8 Å². The zero-order chi connectivity index (χ0) is 15.0. The van der Waals surface area contributed by atoms with Gasteiger partial charge < -0.3 is 5.32 Å². The molecule has 0 saturated heterocycles. The lowest BCUT2D eigenvalue weighted by atomic mass is 10.2. The summed E-state index contributed by atoms with van der Waals surface area (Å²) in [6.07, 6.45) is 1.35. The van der Waals surface area contributed by atoms with Crippen LogP contribution in [0.2, 0.25) is 0 Å². The van der Waals surface area contributed by atoms with Gasteiger partial charge in [0.2, 0.25) is 15.9 Å². The van der Waals surface area contributed by atoms with Gasteiger partial charge in [0.1, 0.15) is 5.82 Å². The lowest BCUT2D eigenvalue weighted by Gasteiger charge is -2.07. The van der Waals surface area contributed by atoms with E-state index in [1.54, 1.807) is 0 Å². The number of unbranched alkanes of at least 4 members (excludes halogenated alkanes) is 1. The minimum Gasteiger partial charge on any atom is -0.356 e. The summed E-state index contributed by atoms with van der Waals surface area (Å²) < 4.78 is 38.7. The molecule has 0 aliphatic heterocycles. The maximum absolute atomic E-state index is 12.7. The molecule has 20 heavy (non-hydrogen) atoms. The molecule has 0 bridgehead atoms. The van der Waals surface area contributed by atoms with Gasteiger partial charge in [-0.15, -0.1) is 0 Å². The molecule has 0 aliphatic rings. The molecule has 7 heteroatoms. The molecule has 0 saturated carbocycles. The molecule has 5 nitrogen and oxygen atoms in total. The largest absolute Gasteiger partial charge is 0.356 e. The molecule has 0 heterocycles. The lowest BCUT2D eigenvalue weighted by Crippen LogP contribution is -2.27. The van der Waals surface area contributed by atoms with Gasteiger partial charge in [-0.05, 0) is 30.5 Å². The minimum absolute atomic E-state index is 0.0955. The molecule has 1 amide bonds. The maximum atomic E-state index is 12.7. The summed E-state index contributed by atoms with van der Waals surface area (Å²) in [7, 11) is -3.41. The highest BCUT2D eigenvalue weighted by Crippen LogP contribution is 2.06. The Hall–Kier alpha value is -1.47. The number of hydrogen-bond acceptors (Lipinski definition) is 3. The van der Waals surface area contributed by atoms with Crippen molar-refractivity contribution in [2.24, 2.45) is 0 Å². The number of carbonyl (C=O) groups is 1. The Morgan fingerprint density at radius 2 is 1.75 bits per heavy atom. The van der Waals surface area contributed by atoms with Gasteiger partial charge in [-0.2, -0.15) is 0 Å². The Labute approximate surface area is 118 Å². The molecule has 2 N–H and O–H groups in total. The summed E-state index contributed by atoms with van der Waals surface area (Å²) in [5, 5.41) is 2.64. The first-order chi connectivity index (χ1) is 9.39. The van der Waals surface area contributed by atoms with Crippen molar-refractivity contribution in [2.45, 2.75) is 25.5 Å². The van der Waals surface area contributed by atoms with Crippen LogP contribution < -0.4 is 10.0 Å². The zero-order valence-electron chi connectivity index (χ0n) is 11.4. The van der Waals surface area contributed by atoms with E-state index in [9.17, 15) is 17.6 Å². The highest BCUT2D eigenvalue weighted by Gasteiger charge is 2.10. The minimum atomic E-state index is -3.41. The van der Waals surface area contributed by atoms with Gasteiger partial charge in [-0.25, -0.2) is 17.5 Å². The summed E-state index contributed by atoms with van der Waals surface area (Å²) in [6, 6.07) is 5.37. The third-order valence-corrected chi connectivity index (χ3v) is 3.93. The van der Waals surface area contributed by atoms with E-state index in [2.05, 4.69) is 10.0 Å². The van der Waals surface area contributed by atoms with Crippen molar-refractivity contribution in [1.29, 1.82) is 0 Å². The van der Waals surface area contributed by atoms with Crippen LogP contribution in [0.3, 0.4) is 0 Å². The average Bonchev–Trinajstić information content (AvgIpc) is 2.36. The molecular formula is C13H19FN2O3S. The first kappa shape index (κ1) is 16.6. The molecule has 0 spiro atoms. The third kappa shape index (κ3) is 7.20. The van der Waals surface area contributed by atoms with Gasteiger partial charge in [0.05, 0.1) is 5.75 Å². The van der Waals surface area contributed by atoms with Crippen LogP contribution in [-0.4, -0.2) is 27.4 Å². The Balaban J connectivity index is 2.28. The van der Waals surface area contributed by atoms with Crippen molar-refractivity contribution >= 4 is 15.9 Å². The van der Waals surface area contributed by atoms with E-state index in [-0.39, 0.29) is 11.7 Å². The number of carbonyl (C=O) groups excluding carboxylic acids is 1. The fourth-order valence-electron chi connectivity index (χ4n) is 1.59. The number of hydrogen-bond donors (Lipinski definition) is 2. The van der Waals surface area contributed by atoms with Gasteiger partial charge >= 0.3 is 0 Å². The first-order valence-electron chi connectivity index (χ1n) is 6.35. The van der Waals surface area contributed by atoms with Gasteiger partial charge in [-0.1, -0.05) is 12.1 Å². The fraction of sp³-hybridized carbons (Fsp3) is 0.462. The van der Waals surface area contributed by atoms with E-state index in [0.29, 0.717) is 31.5 Å². The van der Waals surface area contributed by atoms with Crippen molar-refractivity contribution in [3.63, 3.8) is 0 Å². The second kappa shape index (κ2) is 7.96. The molecule has 0 atom stereocenters. The van der Waals surface area contributed by atoms with Crippen molar-refractivity contribution in [1.82, 2.24) is 10.0 Å². The van der Waals surface area contributed by atoms with Crippen molar-refractivity contribution in [3.05, 3.63) is 35.6 Å². The van der Waals surface area contributed by atoms with Crippen LogP contribution >= 0.6 is 0 Å². The van der Waals surface area contributed by atoms with Crippen LogP contribution in [-0.2, 0) is 20.6 Å². The predicted molar refractivity (Wildman–Crippen MR) is 74.9 cm³/mol. The normalized spacial score (nSPS) is 11.3. The Morgan fingerprint density at radius 1 is 1.15 bits per heavy atom. The molecule has 0 aliphatic carbocycles. The van der Waals surface area contributed by atoms with Crippen LogP contribution in [0.25, 0.3) is 0 Å². The van der Waals surface area contributed by atoms with E-state index in [1.807, 2.05) is 0 Å². The summed E-state index contributed by atoms with van der Waals surface area (Å²) in [4.78, 5) is 10.6. The number of sulfonamides is 1. The van der Waals surface area contributed by atoms with Crippen LogP contribution in [0.1, 0.15) is 25.3 Å². The number of halogens is 1. The molecule has 0 radical (unpaired) electrons. The van der Waals surface area contributed by atoms with Gasteiger partial charge in [0, 0.05) is 20.0 Å². The van der Waals surface area contributed by atoms with Gasteiger partial charge in [0.25, 0.3) is 0 Å². The van der Waals surface area contributed by atoms with Crippen LogP contribution in [0.5, 0.6) is 0 Å². The number of nitrogens with one attached hydrogen (secondary N) is 2. The quantitative estimate of drug-likeness (QED) is 0.708. The Bertz CT molecular complexity index is 529. The smallest absolute Gasteiger partial charge is 0.216 e. The number of benzene rings is 1. The van der Waals surface area contributed by atoms with Gasteiger partial charge in [-0.3, -0.25) is 4.79 Å². The van der Waals surface area contributed by atoms with E-state index in [1.165, 1.54) is 31.2 Å². The lowest BCUT2D eigenvalue weighted by molar-refractivity contribution is -0.118. The van der Waals surface area contributed by atoms with Crippen molar-refractivity contribution in [2.75, 3.05) is 13.1 Å². The second-order valence-corrected chi connectivity index (χ2v) is 6.28. The Kier molecular flexibility index (Phi) is 6.60. The summed E-state index contributed by atoms with van der Waals surface area (Å²) in [5.74, 6) is -0.655. The average molecular weight is 302 g/mol. The molecule has 1 rings (SSSR count). The van der Waals surface area contributed by atoms with E-state index in [4.69, 9.17) is 0 Å². The molecule has 0 fully saturated rings. The number of rotatable bonds is 8. The molecule has 1 aromatic rings. The third-order valence-electron chi connectivity index (χ3n) is 2.57. The fourth-order valence-corrected chi connectivity index (χ4v) is 2.78. The zero-order valence-corrected chi connectivity index (χ0v) is 12.2. The maximum Gasteiger partial charge on any atom is 0.216 e. The Morgan fingerprint density at radius 3 is 2.35 bits per heavy atom. The van der Waals surface area contributed by atoms with E-state index >= 15 is 0 Å². The summed E-state index contributed by atoms with van der Waals surface area (Å²) in [6.45, 7) is 2.30. The molecule has 0 aromatic heterocycles. The van der Waals surface area contributed by atoms with Crippen LogP contribution in [0, 0.1) is 5.82 Å².